The van der Waals surface area contributed by atoms with Crippen molar-refractivity contribution in [2.75, 3.05) is 6.61 Å². The van der Waals surface area contributed by atoms with Crippen LogP contribution in [0, 0.1) is 5.92 Å². The van der Waals surface area contributed by atoms with Gasteiger partial charge in [0.2, 0.25) is 0 Å². The molecular weight excluding hydrogens is 180 g/mol. The van der Waals surface area contributed by atoms with Crippen LogP contribution in [-0.2, 0) is 20.7 Å². The van der Waals surface area contributed by atoms with E-state index in [2.05, 4.69) is 4.74 Å². The number of esters is 1. The third-order valence-electron chi connectivity index (χ3n) is 2.31. The molecule has 1 fully saturated rings. The highest BCUT2D eigenvalue weighted by Gasteiger charge is 2.34. The molecule has 0 unspecified atom stereocenters. The number of benzene rings is 1. The molecule has 0 spiro atoms. The molecule has 1 aromatic carbocycles. The van der Waals surface area contributed by atoms with E-state index in [9.17, 15) is 9.59 Å². The van der Waals surface area contributed by atoms with Gasteiger partial charge in [-0.15, -0.1) is 0 Å². The number of carbonyl (C=O) groups excluding carboxylic acids is 2. The lowest BCUT2D eigenvalue weighted by atomic mass is 9.97. The van der Waals surface area contributed by atoms with Crippen LogP contribution in [0.4, 0.5) is 0 Å². The first-order chi connectivity index (χ1) is 6.77. The Balaban J connectivity index is 2.11. The molecule has 3 nitrogen and oxygen atoms in total. The molecule has 1 aromatic rings. The average molecular weight is 190 g/mol. The first-order valence-electron chi connectivity index (χ1n) is 4.50. The largest absolute Gasteiger partial charge is 0.457 e. The van der Waals surface area contributed by atoms with E-state index in [4.69, 9.17) is 0 Å². The SMILES string of the molecule is O=C1COC(=O)[C@H]1Cc1ccccc1. The van der Waals surface area contributed by atoms with Crippen LogP contribution in [0.1, 0.15) is 5.56 Å². The zero-order valence-corrected chi connectivity index (χ0v) is 7.60. The van der Waals surface area contributed by atoms with Crippen molar-refractivity contribution in [2.45, 2.75) is 6.42 Å². The van der Waals surface area contributed by atoms with Crippen LogP contribution in [0.5, 0.6) is 0 Å². The topological polar surface area (TPSA) is 43.4 Å². The second-order valence-electron chi connectivity index (χ2n) is 3.32. The molecule has 0 bridgehead atoms. The van der Waals surface area contributed by atoms with Gasteiger partial charge >= 0.3 is 5.97 Å². The van der Waals surface area contributed by atoms with Crippen molar-refractivity contribution in [3.8, 4) is 0 Å². The molecule has 3 heteroatoms. The fourth-order valence-electron chi connectivity index (χ4n) is 1.52. The Morgan fingerprint density at radius 1 is 1.21 bits per heavy atom. The molecule has 0 N–H and O–H groups in total. The smallest absolute Gasteiger partial charge is 0.317 e. The molecular formula is C11H10O3. The molecule has 0 saturated carbocycles. The summed E-state index contributed by atoms with van der Waals surface area (Å²) in [6, 6.07) is 9.48. The van der Waals surface area contributed by atoms with Crippen molar-refractivity contribution in [3.05, 3.63) is 35.9 Å². The third-order valence-corrected chi connectivity index (χ3v) is 2.31. The predicted molar refractivity (Wildman–Crippen MR) is 49.6 cm³/mol. The van der Waals surface area contributed by atoms with Gasteiger partial charge in [0, 0.05) is 0 Å². The zero-order chi connectivity index (χ0) is 9.97. The van der Waals surface area contributed by atoms with Crippen LogP contribution in [0.25, 0.3) is 0 Å². The van der Waals surface area contributed by atoms with Gasteiger partial charge in [-0.05, 0) is 12.0 Å². The minimum Gasteiger partial charge on any atom is -0.457 e. The van der Waals surface area contributed by atoms with Crippen molar-refractivity contribution in [1.82, 2.24) is 0 Å². The van der Waals surface area contributed by atoms with Gasteiger partial charge in [0.05, 0.1) is 0 Å². The van der Waals surface area contributed by atoms with Gasteiger partial charge in [-0.1, -0.05) is 30.3 Å². The minimum atomic E-state index is -0.586. The molecule has 0 radical (unpaired) electrons. The van der Waals surface area contributed by atoms with E-state index in [0.29, 0.717) is 6.42 Å². The van der Waals surface area contributed by atoms with E-state index in [1.807, 2.05) is 30.3 Å². The first kappa shape index (κ1) is 8.94. The summed E-state index contributed by atoms with van der Waals surface area (Å²) >= 11 is 0. The quantitative estimate of drug-likeness (QED) is 0.515. The molecule has 0 aliphatic carbocycles. The number of hydrogen-bond acceptors (Lipinski definition) is 3. The summed E-state index contributed by atoms with van der Waals surface area (Å²) in [5, 5.41) is 0. The Hall–Kier alpha value is -1.64. The van der Waals surface area contributed by atoms with E-state index in [1.54, 1.807) is 0 Å². The van der Waals surface area contributed by atoms with Crippen molar-refractivity contribution >= 4 is 11.8 Å². The Bertz CT molecular complexity index is 340. The van der Waals surface area contributed by atoms with Gasteiger partial charge in [-0.25, -0.2) is 0 Å². The summed E-state index contributed by atoms with van der Waals surface area (Å²) < 4.78 is 4.66. The minimum absolute atomic E-state index is 0.0592. The van der Waals surface area contributed by atoms with Gasteiger partial charge < -0.3 is 4.74 Å². The highest BCUT2D eigenvalue weighted by atomic mass is 16.5. The number of cyclic esters (lactones) is 1. The zero-order valence-electron chi connectivity index (χ0n) is 7.60. The summed E-state index contributed by atoms with van der Waals surface area (Å²) in [4.78, 5) is 22.4. The molecule has 0 amide bonds. The standard InChI is InChI=1S/C11H10O3/c12-10-7-14-11(13)9(10)6-8-4-2-1-3-5-8/h1-5,9H,6-7H2/t9-/m0/s1. The lowest BCUT2D eigenvalue weighted by Gasteiger charge is -2.03. The summed E-state index contributed by atoms with van der Waals surface area (Å²) in [5.74, 6) is -1.09. The maximum absolute atomic E-state index is 11.2. The first-order valence-corrected chi connectivity index (χ1v) is 4.50. The van der Waals surface area contributed by atoms with E-state index in [1.165, 1.54) is 0 Å². The monoisotopic (exact) mass is 190 g/mol. The highest BCUT2D eigenvalue weighted by Crippen LogP contribution is 2.16. The number of Topliss-reactive ketones (excluding diaryl/α,β-unsaturated/α-hetero) is 1. The van der Waals surface area contributed by atoms with Gasteiger partial charge in [0.15, 0.2) is 12.4 Å². The van der Waals surface area contributed by atoms with Crippen molar-refractivity contribution < 1.29 is 14.3 Å². The van der Waals surface area contributed by atoms with E-state index < -0.39 is 5.92 Å². The molecule has 1 heterocycles. The molecule has 1 aliphatic rings. The lowest BCUT2D eigenvalue weighted by molar-refractivity contribution is -0.141. The maximum atomic E-state index is 11.2. The Labute approximate surface area is 81.7 Å². The molecule has 72 valence electrons. The van der Waals surface area contributed by atoms with Crippen LogP contribution >= 0.6 is 0 Å². The second kappa shape index (κ2) is 3.62. The fraction of sp³-hybridized carbons (Fsp3) is 0.273. The number of ether oxygens (including phenoxy) is 1. The Kier molecular flexibility index (Phi) is 2.31. The van der Waals surface area contributed by atoms with Gasteiger partial charge in [-0.3, -0.25) is 9.59 Å². The normalized spacial score (nSPS) is 21.0. The third kappa shape index (κ3) is 1.66. The van der Waals surface area contributed by atoms with Crippen LogP contribution in [0.3, 0.4) is 0 Å². The number of ketones is 1. The molecule has 14 heavy (non-hydrogen) atoms. The highest BCUT2D eigenvalue weighted by molar-refractivity contribution is 6.04. The number of carbonyl (C=O) groups is 2. The predicted octanol–water partition coefficient (Wildman–Crippen LogP) is 0.971. The maximum Gasteiger partial charge on any atom is 0.317 e. The summed E-state index contributed by atoms with van der Waals surface area (Å²) in [6.45, 7) is -0.0592. The number of rotatable bonds is 2. The van der Waals surface area contributed by atoms with Crippen LogP contribution in [0.2, 0.25) is 0 Å². The summed E-state index contributed by atoms with van der Waals surface area (Å²) in [6.07, 6.45) is 0.457. The summed E-state index contributed by atoms with van der Waals surface area (Å²) in [5.41, 5.74) is 0.990. The van der Waals surface area contributed by atoms with Crippen LogP contribution in [-0.4, -0.2) is 18.4 Å². The van der Waals surface area contributed by atoms with E-state index >= 15 is 0 Å². The van der Waals surface area contributed by atoms with Crippen molar-refractivity contribution in [2.24, 2.45) is 5.92 Å². The molecule has 0 aromatic heterocycles. The average Bonchev–Trinajstić information content (AvgIpc) is 2.51. The number of hydrogen-bond donors (Lipinski definition) is 0. The van der Waals surface area contributed by atoms with Gasteiger partial charge in [0.25, 0.3) is 0 Å². The van der Waals surface area contributed by atoms with Gasteiger partial charge in [-0.2, -0.15) is 0 Å². The van der Waals surface area contributed by atoms with Crippen molar-refractivity contribution in [1.29, 1.82) is 0 Å². The molecule has 1 aliphatic heterocycles. The van der Waals surface area contributed by atoms with Crippen molar-refractivity contribution in [3.63, 3.8) is 0 Å². The Morgan fingerprint density at radius 3 is 2.50 bits per heavy atom. The van der Waals surface area contributed by atoms with E-state index in [0.717, 1.165) is 5.56 Å². The Morgan fingerprint density at radius 2 is 1.93 bits per heavy atom. The molecule has 1 atom stereocenters. The second-order valence-corrected chi connectivity index (χ2v) is 3.32. The summed E-state index contributed by atoms with van der Waals surface area (Å²) in [7, 11) is 0. The molecule has 2 rings (SSSR count). The van der Waals surface area contributed by atoms with Crippen LogP contribution in [0.15, 0.2) is 30.3 Å². The van der Waals surface area contributed by atoms with E-state index in [-0.39, 0.29) is 18.4 Å². The van der Waals surface area contributed by atoms with Crippen LogP contribution < -0.4 is 0 Å². The molecule has 1 saturated heterocycles. The van der Waals surface area contributed by atoms with Gasteiger partial charge in [0.1, 0.15) is 5.92 Å². The lowest BCUT2D eigenvalue weighted by Crippen LogP contribution is -2.17. The fourth-order valence-corrected chi connectivity index (χ4v) is 1.52.